The fourth-order valence-electron chi connectivity index (χ4n) is 4.17. The molecule has 0 radical (unpaired) electrons. The number of halogens is 3. The van der Waals surface area contributed by atoms with Crippen molar-refractivity contribution >= 4 is 17.0 Å². The Morgan fingerprint density at radius 2 is 1.84 bits per heavy atom. The maximum atomic E-state index is 14.4. The van der Waals surface area contributed by atoms with E-state index in [1.54, 1.807) is 12.1 Å². The molecule has 0 unspecified atom stereocenters. The Labute approximate surface area is 183 Å². The maximum Gasteiger partial charge on any atom is 0.407 e. The van der Waals surface area contributed by atoms with Crippen LogP contribution >= 0.6 is 0 Å². The second-order valence-electron chi connectivity index (χ2n) is 8.60. The van der Waals surface area contributed by atoms with E-state index >= 15 is 0 Å². The lowest BCUT2D eigenvalue weighted by Crippen LogP contribution is -2.44. The van der Waals surface area contributed by atoms with Crippen LogP contribution in [0.5, 0.6) is 0 Å². The second kappa shape index (κ2) is 8.86. The summed E-state index contributed by atoms with van der Waals surface area (Å²) in [5, 5.41) is 12.4. The first-order valence-corrected chi connectivity index (χ1v) is 10.6. The average Bonchev–Trinajstić information content (AvgIpc) is 3.08. The fourth-order valence-corrected chi connectivity index (χ4v) is 4.17. The van der Waals surface area contributed by atoms with Gasteiger partial charge in [-0.2, -0.15) is 0 Å². The van der Waals surface area contributed by atoms with Crippen LogP contribution in [0.15, 0.2) is 36.4 Å². The smallest absolute Gasteiger partial charge is 0.407 e. The number of aliphatic hydroxyl groups is 1. The normalized spacial score (nSPS) is 19.1. The summed E-state index contributed by atoms with van der Waals surface area (Å²) in [5.41, 5.74) is 2.16. The van der Waals surface area contributed by atoms with Crippen LogP contribution in [0.3, 0.4) is 0 Å². The van der Waals surface area contributed by atoms with Gasteiger partial charge in [0.25, 0.3) is 0 Å². The highest BCUT2D eigenvalue weighted by Crippen LogP contribution is 2.46. The van der Waals surface area contributed by atoms with Crippen molar-refractivity contribution in [3.63, 3.8) is 0 Å². The number of rotatable bonds is 6. The van der Waals surface area contributed by atoms with Crippen molar-refractivity contribution in [1.82, 2.24) is 10.3 Å². The molecule has 3 N–H and O–H groups in total. The summed E-state index contributed by atoms with van der Waals surface area (Å²) < 4.78 is 47.3. The summed E-state index contributed by atoms with van der Waals surface area (Å²) >= 11 is 0. The summed E-state index contributed by atoms with van der Waals surface area (Å²) in [5.74, 6) is -1.83. The number of aromatic amines is 1. The largest absolute Gasteiger partial charge is 0.446 e. The second-order valence-corrected chi connectivity index (χ2v) is 8.60. The van der Waals surface area contributed by atoms with Crippen molar-refractivity contribution in [2.75, 3.05) is 6.61 Å². The third-order valence-electron chi connectivity index (χ3n) is 6.08. The molecule has 1 atom stereocenters. The van der Waals surface area contributed by atoms with Crippen molar-refractivity contribution in [3.05, 3.63) is 59.4 Å². The maximum absolute atomic E-state index is 14.4. The minimum atomic E-state index is -0.704. The Hall–Kier alpha value is -3.00. The topological polar surface area (TPSA) is 74.3 Å². The first kappa shape index (κ1) is 22.2. The molecule has 5 nitrogen and oxygen atoms in total. The van der Waals surface area contributed by atoms with Crippen LogP contribution < -0.4 is 5.32 Å². The molecule has 1 aliphatic carbocycles. The number of carbonyl (C=O) groups is 1. The molecule has 0 spiro atoms. The van der Waals surface area contributed by atoms with Gasteiger partial charge in [0, 0.05) is 11.5 Å². The first-order chi connectivity index (χ1) is 15.3. The molecule has 8 heteroatoms. The summed E-state index contributed by atoms with van der Waals surface area (Å²) in [7, 11) is 0. The number of hydrogen-bond donors (Lipinski definition) is 3. The molecule has 0 aliphatic heterocycles. The molecule has 3 aromatic rings. The number of aliphatic hydroxyl groups excluding tert-OH is 1. The van der Waals surface area contributed by atoms with Crippen LogP contribution in [-0.2, 0) is 4.74 Å². The molecular formula is C24H25F3N2O3. The van der Waals surface area contributed by atoms with Crippen molar-refractivity contribution in [2.45, 2.75) is 44.8 Å². The number of hydrogen-bond acceptors (Lipinski definition) is 3. The zero-order valence-electron chi connectivity index (χ0n) is 17.8. The van der Waals surface area contributed by atoms with Crippen LogP contribution in [0, 0.1) is 23.4 Å². The van der Waals surface area contributed by atoms with Gasteiger partial charge in [-0.3, -0.25) is 0 Å². The lowest BCUT2D eigenvalue weighted by molar-refractivity contribution is 0.0349. The summed E-state index contributed by atoms with van der Waals surface area (Å²) in [4.78, 5) is 15.2. The molecule has 0 bridgehead atoms. The van der Waals surface area contributed by atoms with E-state index in [0.717, 1.165) is 11.6 Å². The van der Waals surface area contributed by atoms with Crippen LogP contribution in [0.4, 0.5) is 18.0 Å². The Balaban J connectivity index is 1.57. The third-order valence-corrected chi connectivity index (χ3v) is 6.08. The number of carbonyl (C=O) groups excluding carboxylic acids is 1. The van der Waals surface area contributed by atoms with E-state index in [1.165, 1.54) is 18.2 Å². The zero-order valence-corrected chi connectivity index (χ0v) is 17.8. The molecular weight excluding hydrogens is 421 g/mol. The van der Waals surface area contributed by atoms with Gasteiger partial charge in [-0.25, -0.2) is 18.0 Å². The number of fused-ring (bicyclic) bond motifs is 1. The van der Waals surface area contributed by atoms with Gasteiger partial charge < -0.3 is 20.1 Å². The highest BCUT2D eigenvalue weighted by Gasteiger charge is 2.37. The lowest BCUT2D eigenvalue weighted by Gasteiger charge is -2.35. The Bertz CT molecular complexity index is 1120. The van der Waals surface area contributed by atoms with E-state index in [-0.39, 0.29) is 30.1 Å². The number of ether oxygens (including phenoxy) is 1. The fraction of sp³-hybridized carbons (Fsp3) is 0.375. The van der Waals surface area contributed by atoms with Gasteiger partial charge in [0.1, 0.15) is 23.6 Å². The Morgan fingerprint density at radius 1 is 1.16 bits per heavy atom. The molecule has 0 saturated heterocycles. The molecule has 1 saturated carbocycles. The van der Waals surface area contributed by atoms with Gasteiger partial charge in [0.15, 0.2) is 0 Å². The van der Waals surface area contributed by atoms with Crippen LogP contribution in [0.25, 0.3) is 22.2 Å². The highest BCUT2D eigenvalue weighted by atomic mass is 19.1. The van der Waals surface area contributed by atoms with E-state index in [9.17, 15) is 23.1 Å². The number of aromatic nitrogens is 1. The van der Waals surface area contributed by atoms with E-state index in [0.29, 0.717) is 29.5 Å². The Morgan fingerprint density at radius 3 is 2.47 bits per heavy atom. The van der Waals surface area contributed by atoms with E-state index in [1.807, 2.05) is 13.8 Å². The summed E-state index contributed by atoms with van der Waals surface area (Å²) in [6.45, 7) is 3.58. The minimum absolute atomic E-state index is 0.0518. The Kier molecular flexibility index (Phi) is 6.15. The number of benzene rings is 2. The monoisotopic (exact) mass is 446 g/mol. The predicted octanol–water partition coefficient (Wildman–Crippen LogP) is 5.24. The van der Waals surface area contributed by atoms with E-state index < -0.39 is 29.6 Å². The third kappa shape index (κ3) is 4.32. The molecule has 1 aliphatic rings. The number of H-pyrrole nitrogens is 1. The zero-order chi connectivity index (χ0) is 23.0. The van der Waals surface area contributed by atoms with Gasteiger partial charge >= 0.3 is 6.09 Å². The van der Waals surface area contributed by atoms with Crippen molar-refractivity contribution in [3.8, 4) is 11.3 Å². The molecule has 1 heterocycles. The number of nitrogens with one attached hydrogen (secondary N) is 2. The minimum Gasteiger partial charge on any atom is -0.446 e. The van der Waals surface area contributed by atoms with Crippen molar-refractivity contribution in [1.29, 1.82) is 0 Å². The molecule has 32 heavy (non-hydrogen) atoms. The quantitative estimate of drug-likeness (QED) is 0.485. The molecule has 1 amide bonds. The van der Waals surface area contributed by atoms with Gasteiger partial charge in [-0.1, -0.05) is 13.8 Å². The highest BCUT2D eigenvalue weighted by molar-refractivity contribution is 5.92. The molecule has 170 valence electrons. The van der Waals surface area contributed by atoms with Gasteiger partial charge in [-0.15, -0.1) is 0 Å². The standard InChI is InChI=1S/C24H25F3N2O3/c1-12(2)20(11-30)28-24(31)32-17-7-14(8-17)21-18-9-16(26)10-19(27)23(18)29-22(21)13-3-5-15(25)6-4-13/h3-6,9-10,12,14,17,20,29-30H,7-8,11H2,1-2H3,(H,28,31)/t14?,17?,20-/m0/s1. The molecule has 1 aromatic heterocycles. The molecule has 1 fully saturated rings. The summed E-state index contributed by atoms with van der Waals surface area (Å²) in [6.07, 6.45) is 0.0167. The van der Waals surface area contributed by atoms with Crippen LogP contribution in [0.2, 0.25) is 0 Å². The van der Waals surface area contributed by atoms with Crippen LogP contribution in [0.1, 0.15) is 38.2 Å². The predicted molar refractivity (Wildman–Crippen MR) is 115 cm³/mol. The number of alkyl carbamates (subject to hydrolysis) is 1. The van der Waals surface area contributed by atoms with Crippen molar-refractivity contribution < 1.29 is 27.8 Å². The van der Waals surface area contributed by atoms with Gasteiger partial charge in [0.05, 0.1) is 23.9 Å². The number of amides is 1. The molecule has 4 rings (SSSR count). The van der Waals surface area contributed by atoms with E-state index in [4.69, 9.17) is 4.74 Å². The molecule has 2 aromatic carbocycles. The average molecular weight is 446 g/mol. The first-order valence-electron chi connectivity index (χ1n) is 10.6. The van der Waals surface area contributed by atoms with Gasteiger partial charge in [-0.05, 0) is 66.1 Å². The van der Waals surface area contributed by atoms with Crippen molar-refractivity contribution in [2.24, 2.45) is 5.92 Å². The van der Waals surface area contributed by atoms with E-state index in [2.05, 4.69) is 10.3 Å². The van der Waals surface area contributed by atoms with Gasteiger partial charge in [0.2, 0.25) is 0 Å². The lowest BCUT2D eigenvalue weighted by atomic mass is 9.75. The van der Waals surface area contributed by atoms with Crippen LogP contribution in [-0.4, -0.2) is 34.9 Å². The SMILES string of the molecule is CC(C)[C@H](CO)NC(=O)OC1CC(c2c(-c3ccc(F)cc3)[nH]c3c(F)cc(F)cc23)C1. The summed E-state index contributed by atoms with van der Waals surface area (Å²) in [6, 6.07) is 7.49.